The average Bonchev–Trinajstić information content (AvgIpc) is 3.34. The van der Waals surface area contributed by atoms with E-state index in [1.807, 2.05) is 73.7 Å². The third kappa shape index (κ3) is 6.03. The van der Waals surface area contributed by atoms with E-state index in [0.29, 0.717) is 5.89 Å². The molecule has 146 valence electrons. The van der Waals surface area contributed by atoms with E-state index in [1.54, 1.807) is 12.5 Å². The van der Waals surface area contributed by atoms with E-state index in [9.17, 15) is 5.11 Å². The van der Waals surface area contributed by atoms with Crippen molar-refractivity contribution in [2.75, 3.05) is 0 Å². The first-order valence-electron chi connectivity index (χ1n) is 9.73. The zero-order valence-corrected chi connectivity index (χ0v) is 16.5. The van der Waals surface area contributed by atoms with Crippen molar-refractivity contribution in [3.05, 3.63) is 114 Å². The van der Waals surface area contributed by atoms with Crippen molar-refractivity contribution in [2.45, 2.75) is 19.4 Å². The van der Waals surface area contributed by atoms with Crippen LogP contribution in [0.1, 0.15) is 36.1 Å². The molecule has 3 heteroatoms. The number of nitrogens with zero attached hydrogens (tertiary/aromatic N) is 1. The first-order chi connectivity index (χ1) is 14.3. The number of oxazole rings is 1. The highest BCUT2D eigenvalue weighted by Crippen LogP contribution is 2.23. The Balaban J connectivity index is 0.000000204. The summed E-state index contributed by atoms with van der Waals surface area (Å²) in [6.45, 7) is 1.97. The Kier molecular flexibility index (Phi) is 7.55. The van der Waals surface area contributed by atoms with Gasteiger partial charge in [-0.05, 0) is 29.2 Å². The Labute approximate surface area is 172 Å². The van der Waals surface area contributed by atoms with Gasteiger partial charge in [0.05, 0.1) is 12.3 Å². The Bertz CT molecular complexity index is 993. The van der Waals surface area contributed by atoms with E-state index in [0.717, 1.165) is 23.1 Å². The molecule has 0 bridgehead atoms. The van der Waals surface area contributed by atoms with Gasteiger partial charge >= 0.3 is 0 Å². The first kappa shape index (κ1) is 20.3. The molecule has 3 aromatic carbocycles. The second kappa shape index (κ2) is 10.8. The largest absolute Gasteiger partial charge is 0.445 e. The third-order valence-electron chi connectivity index (χ3n) is 4.45. The Morgan fingerprint density at radius 3 is 2.17 bits per heavy atom. The topological polar surface area (TPSA) is 46.3 Å². The molecule has 1 N–H and O–H groups in total. The highest BCUT2D eigenvalue weighted by atomic mass is 16.3. The zero-order valence-electron chi connectivity index (χ0n) is 16.5. The number of hydrogen-bond acceptors (Lipinski definition) is 3. The average molecular weight is 383 g/mol. The molecule has 0 fully saturated rings. The van der Waals surface area contributed by atoms with Gasteiger partial charge in [-0.25, -0.2) is 4.98 Å². The van der Waals surface area contributed by atoms with Crippen LogP contribution in [0.3, 0.4) is 0 Å². The third-order valence-corrected chi connectivity index (χ3v) is 4.45. The van der Waals surface area contributed by atoms with Crippen molar-refractivity contribution in [1.29, 1.82) is 0 Å². The van der Waals surface area contributed by atoms with E-state index < -0.39 is 0 Å². The summed E-state index contributed by atoms with van der Waals surface area (Å²) in [5, 5.41) is 9.33. The van der Waals surface area contributed by atoms with Crippen molar-refractivity contribution in [3.63, 3.8) is 0 Å². The molecule has 0 saturated heterocycles. The van der Waals surface area contributed by atoms with E-state index in [4.69, 9.17) is 4.42 Å². The predicted octanol–water partition coefficient (Wildman–Crippen LogP) is 6.64. The maximum absolute atomic E-state index is 9.33. The second-order valence-electron chi connectivity index (χ2n) is 6.50. The van der Waals surface area contributed by atoms with Gasteiger partial charge in [0.2, 0.25) is 5.89 Å². The van der Waals surface area contributed by atoms with Crippen molar-refractivity contribution >= 4 is 12.2 Å². The Morgan fingerprint density at radius 2 is 1.52 bits per heavy atom. The summed E-state index contributed by atoms with van der Waals surface area (Å²) in [4.78, 5) is 4.20. The fraction of sp³-hybridized carbons (Fsp3) is 0.115. The van der Waals surface area contributed by atoms with Gasteiger partial charge in [-0.1, -0.05) is 97.9 Å². The molecule has 29 heavy (non-hydrogen) atoms. The second-order valence-corrected chi connectivity index (χ2v) is 6.50. The van der Waals surface area contributed by atoms with Crippen molar-refractivity contribution in [3.8, 4) is 11.5 Å². The van der Waals surface area contributed by atoms with Gasteiger partial charge in [0.25, 0.3) is 0 Å². The van der Waals surface area contributed by atoms with Crippen LogP contribution in [0.5, 0.6) is 0 Å². The highest BCUT2D eigenvalue weighted by Gasteiger charge is 2.05. The van der Waals surface area contributed by atoms with Crippen LogP contribution in [-0.2, 0) is 0 Å². The lowest BCUT2D eigenvalue weighted by molar-refractivity contribution is 0.173. The predicted molar refractivity (Wildman–Crippen MR) is 119 cm³/mol. The van der Waals surface area contributed by atoms with E-state index in [1.165, 1.54) is 5.56 Å². The van der Waals surface area contributed by atoms with Crippen LogP contribution < -0.4 is 0 Å². The minimum atomic E-state index is -0.291. The maximum Gasteiger partial charge on any atom is 0.226 e. The molecule has 0 spiro atoms. The summed E-state index contributed by atoms with van der Waals surface area (Å²) in [6.07, 6.45) is 7.90. The number of aliphatic hydroxyl groups is 1. The lowest BCUT2D eigenvalue weighted by Gasteiger charge is -2.05. The Hall–Kier alpha value is -3.43. The number of aliphatic hydroxyl groups excluding tert-OH is 1. The zero-order chi connectivity index (χ0) is 20.3. The summed E-state index contributed by atoms with van der Waals surface area (Å²) in [6, 6.07) is 28.0. The molecular formula is C26H25NO2. The molecule has 0 aliphatic heterocycles. The summed E-state index contributed by atoms with van der Waals surface area (Å²) in [5.41, 5.74) is 4.27. The van der Waals surface area contributed by atoms with Gasteiger partial charge in [0.1, 0.15) is 6.26 Å². The summed E-state index contributed by atoms with van der Waals surface area (Å²) in [7, 11) is 0. The molecule has 0 amide bonds. The molecule has 0 saturated carbocycles. The fourth-order valence-electron chi connectivity index (χ4n) is 2.85. The van der Waals surface area contributed by atoms with Gasteiger partial charge in [0.15, 0.2) is 0 Å². The molecule has 0 aliphatic carbocycles. The van der Waals surface area contributed by atoms with Crippen LogP contribution in [0.2, 0.25) is 0 Å². The van der Waals surface area contributed by atoms with Crippen molar-refractivity contribution in [2.24, 2.45) is 0 Å². The maximum atomic E-state index is 9.33. The molecule has 1 atom stereocenters. The van der Waals surface area contributed by atoms with E-state index >= 15 is 0 Å². The number of rotatable bonds is 5. The Morgan fingerprint density at radius 1 is 0.862 bits per heavy atom. The molecule has 4 aromatic rings. The van der Waals surface area contributed by atoms with Crippen LogP contribution in [0, 0.1) is 0 Å². The van der Waals surface area contributed by atoms with Gasteiger partial charge in [-0.2, -0.15) is 0 Å². The first-order valence-corrected chi connectivity index (χ1v) is 9.73. The van der Waals surface area contributed by atoms with Crippen LogP contribution in [-0.4, -0.2) is 10.1 Å². The van der Waals surface area contributed by atoms with Crippen LogP contribution in [0.4, 0.5) is 0 Å². The van der Waals surface area contributed by atoms with Gasteiger partial charge < -0.3 is 9.52 Å². The molecule has 0 aliphatic rings. The minimum Gasteiger partial charge on any atom is -0.445 e. The van der Waals surface area contributed by atoms with Gasteiger partial charge in [-0.15, -0.1) is 0 Å². The molecule has 4 rings (SSSR count). The lowest BCUT2D eigenvalue weighted by Crippen LogP contribution is -1.93. The molecular weight excluding hydrogens is 358 g/mol. The van der Waals surface area contributed by atoms with Gasteiger partial charge in [-0.3, -0.25) is 0 Å². The number of benzene rings is 3. The number of aromatic nitrogens is 1. The number of hydrogen-bond donors (Lipinski definition) is 1. The fourth-order valence-corrected chi connectivity index (χ4v) is 2.85. The van der Waals surface area contributed by atoms with Crippen LogP contribution in [0.15, 0.2) is 102 Å². The summed E-state index contributed by atoms with van der Waals surface area (Å²) in [5.74, 6) is 0.647. The molecule has 3 nitrogen and oxygen atoms in total. The molecule has 1 unspecified atom stereocenters. The SMILES string of the molecule is C(=Cc1ccccc1-c1ncco1)c1ccccc1.CCC(O)c1ccccc1. The molecule has 1 aromatic heterocycles. The standard InChI is InChI=1S/C17H13NO.C9H12O/c1-2-6-14(7-3-1)10-11-15-8-4-5-9-16(15)17-18-12-13-19-17;1-2-9(10)8-6-4-3-5-7-8/h1-13H;3-7,9-10H,2H2,1H3. The smallest absolute Gasteiger partial charge is 0.226 e. The summed E-state index contributed by atoms with van der Waals surface area (Å²) >= 11 is 0. The van der Waals surface area contributed by atoms with Gasteiger partial charge in [0, 0.05) is 5.56 Å². The molecule has 0 radical (unpaired) electrons. The lowest BCUT2D eigenvalue weighted by atomic mass is 10.1. The van der Waals surface area contributed by atoms with Crippen LogP contribution >= 0.6 is 0 Å². The van der Waals surface area contributed by atoms with Crippen LogP contribution in [0.25, 0.3) is 23.6 Å². The molecule has 1 heterocycles. The summed E-state index contributed by atoms with van der Waals surface area (Å²) < 4.78 is 5.37. The minimum absolute atomic E-state index is 0.291. The normalized spacial score (nSPS) is 11.7. The van der Waals surface area contributed by atoms with E-state index in [2.05, 4.69) is 35.3 Å². The highest BCUT2D eigenvalue weighted by molar-refractivity contribution is 5.78. The van der Waals surface area contributed by atoms with Crippen molar-refractivity contribution in [1.82, 2.24) is 4.98 Å². The van der Waals surface area contributed by atoms with E-state index in [-0.39, 0.29) is 6.10 Å². The monoisotopic (exact) mass is 383 g/mol. The van der Waals surface area contributed by atoms with Crippen molar-refractivity contribution < 1.29 is 9.52 Å². The quantitative estimate of drug-likeness (QED) is 0.393.